The molecular formula is C12H13F3N2O3. The third kappa shape index (κ3) is 4.79. The predicted molar refractivity (Wildman–Crippen MR) is 64.9 cm³/mol. The van der Waals surface area contributed by atoms with Crippen molar-refractivity contribution in [2.75, 3.05) is 18.9 Å². The summed E-state index contributed by atoms with van der Waals surface area (Å²) in [4.78, 5) is 22.8. The molecule has 8 heteroatoms. The van der Waals surface area contributed by atoms with Crippen molar-refractivity contribution in [2.24, 2.45) is 0 Å². The molecule has 1 rings (SSSR count). The van der Waals surface area contributed by atoms with Crippen molar-refractivity contribution in [1.29, 1.82) is 0 Å². The monoisotopic (exact) mass is 290 g/mol. The quantitative estimate of drug-likeness (QED) is 0.649. The van der Waals surface area contributed by atoms with Crippen LogP contribution < -0.4 is 11.1 Å². The Bertz CT molecular complexity index is 495. The zero-order valence-corrected chi connectivity index (χ0v) is 10.6. The fourth-order valence-electron chi connectivity index (χ4n) is 1.42. The van der Waals surface area contributed by atoms with Crippen LogP contribution in [0.25, 0.3) is 0 Å². The summed E-state index contributed by atoms with van der Waals surface area (Å²) in [5.41, 5.74) is 6.41. The number of alkyl halides is 3. The molecule has 1 amide bonds. The summed E-state index contributed by atoms with van der Waals surface area (Å²) >= 11 is 0. The third-order valence-electron chi connectivity index (χ3n) is 2.33. The molecule has 0 unspecified atom stereocenters. The van der Waals surface area contributed by atoms with Gasteiger partial charge in [0.1, 0.15) is 6.54 Å². The highest BCUT2D eigenvalue weighted by molar-refractivity contribution is 5.97. The number of rotatable bonds is 4. The van der Waals surface area contributed by atoms with Crippen molar-refractivity contribution < 1.29 is 27.5 Å². The Morgan fingerprint density at radius 2 is 2.00 bits per heavy atom. The van der Waals surface area contributed by atoms with Gasteiger partial charge >= 0.3 is 12.1 Å². The molecule has 0 saturated heterocycles. The number of carbonyl (C=O) groups excluding carboxylic acids is 2. The van der Waals surface area contributed by atoms with E-state index in [-0.39, 0.29) is 11.3 Å². The van der Waals surface area contributed by atoms with E-state index in [4.69, 9.17) is 5.73 Å². The molecule has 0 heterocycles. The van der Waals surface area contributed by atoms with Gasteiger partial charge in [0.2, 0.25) is 0 Å². The van der Waals surface area contributed by atoms with Crippen LogP contribution in [0.1, 0.15) is 15.9 Å². The molecule has 3 N–H and O–H groups in total. The van der Waals surface area contributed by atoms with Gasteiger partial charge in [-0.05, 0) is 18.6 Å². The Morgan fingerprint density at radius 1 is 1.35 bits per heavy atom. The van der Waals surface area contributed by atoms with Crippen LogP contribution in [-0.2, 0) is 9.53 Å². The number of carbonyl (C=O) groups is 2. The van der Waals surface area contributed by atoms with Crippen molar-refractivity contribution in [3.05, 3.63) is 29.3 Å². The molecule has 1 aromatic rings. The van der Waals surface area contributed by atoms with E-state index in [0.29, 0.717) is 5.56 Å². The van der Waals surface area contributed by atoms with Crippen LogP contribution in [-0.4, -0.2) is 31.2 Å². The van der Waals surface area contributed by atoms with E-state index in [9.17, 15) is 22.8 Å². The van der Waals surface area contributed by atoms with Crippen molar-refractivity contribution in [3.8, 4) is 0 Å². The molecule has 0 atom stereocenters. The molecule has 0 saturated carbocycles. The topological polar surface area (TPSA) is 81.4 Å². The van der Waals surface area contributed by atoms with Gasteiger partial charge in [0, 0.05) is 5.69 Å². The summed E-state index contributed by atoms with van der Waals surface area (Å²) in [6, 6.07) is 4.74. The predicted octanol–water partition coefficient (Wildman–Crippen LogP) is 1.41. The minimum absolute atomic E-state index is 0.0936. The number of nitrogens with two attached hydrogens (primary N) is 1. The highest BCUT2D eigenvalue weighted by Crippen LogP contribution is 2.17. The zero-order valence-electron chi connectivity index (χ0n) is 10.6. The average molecular weight is 290 g/mol. The number of benzene rings is 1. The normalized spacial score (nSPS) is 11.0. The van der Waals surface area contributed by atoms with E-state index in [1.54, 1.807) is 24.4 Å². The van der Waals surface area contributed by atoms with Crippen molar-refractivity contribution in [3.63, 3.8) is 0 Å². The number of amides is 1. The van der Waals surface area contributed by atoms with E-state index < -0.39 is 31.2 Å². The van der Waals surface area contributed by atoms with Gasteiger partial charge in [-0.3, -0.25) is 4.79 Å². The van der Waals surface area contributed by atoms with Crippen LogP contribution >= 0.6 is 0 Å². The average Bonchev–Trinajstić information content (AvgIpc) is 2.32. The Morgan fingerprint density at radius 3 is 2.55 bits per heavy atom. The van der Waals surface area contributed by atoms with E-state index >= 15 is 0 Å². The number of aryl methyl sites for hydroxylation is 1. The number of hydrogen-bond acceptors (Lipinski definition) is 4. The molecule has 0 radical (unpaired) electrons. The third-order valence-corrected chi connectivity index (χ3v) is 2.33. The molecule has 0 bridgehead atoms. The minimum atomic E-state index is -4.51. The molecule has 110 valence electrons. The first-order chi connectivity index (χ1) is 9.20. The molecule has 20 heavy (non-hydrogen) atoms. The van der Waals surface area contributed by atoms with Gasteiger partial charge in [0.15, 0.2) is 6.61 Å². The molecule has 0 spiro atoms. The van der Waals surface area contributed by atoms with Gasteiger partial charge in [-0.2, -0.15) is 13.2 Å². The maximum absolute atomic E-state index is 11.8. The second-order valence-electron chi connectivity index (χ2n) is 4.01. The van der Waals surface area contributed by atoms with Gasteiger partial charge in [-0.1, -0.05) is 12.1 Å². The van der Waals surface area contributed by atoms with Gasteiger partial charge in [0.05, 0.1) is 5.56 Å². The van der Waals surface area contributed by atoms with E-state index in [1.165, 1.54) is 6.07 Å². The highest BCUT2D eigenvalue weighted by atomic mass is 19.4. The van der Waals surface area contributed by atoms with E-state index in [0.717, 1.165) is 0 Å². The summed E-state index contributed by atoms with van der Waals surface area (Å²) in [7, 11) is 0. The molecule has 0 fully saturated rings. The lowest BCUT2D eigenvalue weighted by molar-refractivity contribution is -0.140. The smallest absolute Gasteiger partial charge is 0.405 e. The molecule has 0 aliphatic rings. The first-order valence-electron chi connectivity index (χ1n) is 5.56. The molecular weight excluding hydrogens is 277 g/mol. The molecule has 0 aromatic heterocycles. The van der Waals surface area contributed by atoms with Crippen molar-refractivity contribution in [1.82, 2.24) is 5.32 Å². The number of anilines is 1. The first kappa shape index (κ1) is 15.8. The van der Waals surface area contributed by atoms with Gasteiger partial charge in [-0.15, -0.1) is 0 Å². The highest BCUT2D eigenvalue weighted by Gasteiger charge is 2.27. The Labute approximate surface area is 112 Å². The van der Waals surface area contributed by atoms with Crippen LogP contribution in [0.15, 0.2) is 18.2 Å². The molecule has 1 aromatic carbocycles. The van der Waals surface area contributed by atoms with Gasteiger partial charge < -0.3 is 15.8 Å². The maximum atomic E-state index is 11.8. The van der Waals surface area contributed by atoms with Crippen LogP contribution in [0.2, 0.25) is 0 Å². The fraction of sp³-hybridized carbons (Fsp3) is 0.333. The second kappa shape index (κ2) is 6.27. The number of esters is 1. The number of hydrogen-bond donors (Lipinski definition) is 2. The molecule has 0 aliphatic heterocycles. The summed E-state index contributed by atoms with van der Waals surface area (Å²) in [5, 5.41) is 1.59. The Kier molecular flexibility index (Phi) is 4.95. The van der Waals surface area contributed by atoms with Crippen LogP contribution in [0.5, 0.6) is 0 Å². The largest absolute Gasteiger partial charge is 0.452 e. The number of nitrogen functional groups attached to an aromatic ring is 1. The van der Waals surface area contributed by atoms with Crippen LogP contribution in [0.3, 0.4) is 0 Å². The maximum Gasteiger partial charge on any atom is 0.405 e. The number of halogens is 3. The number of ether oxygens (including phenoxy) is 1. The summed E-state index contributed by atoms with van der Waals surface area (Å²) < 4.78 is 40.2. The zero-order chi connectivity index (χ0) is 15.3. The summed E-state index contributed by atoms with van der Waals surface area (Å²) in [5.74, 6) is -1.90. The Balaban J connectivity index is 2.54. The van der Waals surface area contributed by atoms with E-state index in [1.807, 2.05) is 0 Å². The van der Waals surface area contributed by atoms with Crippen LogP contribution in [0, 0.1) is 6.92 Å². The second-order valence-corrected chi connectivity index (χ2v) is 4.01. The fourth-order valence-corrected chi connectivity index (χ4v) is 1.42. The Hall–Kier alpha value is -2.25. The molecule has 5 nitrogen and oxygen atoms in total. The van der Waals surface area contributed by atoms with Crippen LogP contribution in [0.4, 0.5) is 18.9 Å². The van der Waals surface area contributed by atoms with E-state index in [2.05, 4.69) is 4.74 Å². The van der Waals surface area contributed by atoms with Gasteiger partial charge in [-0.25, -0.2) is 4.79 Å². The summed E-state index contributed by atoms with van der Waals surface area (Å²) in [6.07, 6.45) is -4.51. The standard InChI is InChI=1S/C12H13F3N2O3/c1-7-3-2-4-8(16)10(7)11(19)20-5-9(18)17-6-12(13,14)15/h2-4H,5-6,16H2,1H3,(H,17,18). The molecule has 0 aliphatic carbocycles. The SMILES string of the molecule is Cc1cccc(N)c1C(=O)OCC(=O)NCC(F)(F)F. The lowest BCUT2D eigenvalue weighted by Gasteiger charge is -2.10. The summed E-state index contributed by atoms with van der Waals surface area (Å²) in [6.45, 7) is -0.657. The number of nitrogens with one attached hydrogen (secondary N) is 1. The lowest BCUT2D eigenvalue weighted by atomic mass is 10.1. The first-order valence-corrected chi connectivity index (χ1v) is 5.56. The van der Waals surface area contributed by atoms with Crippen molar-refractivity contribution in [2.45, 2.75) is 13.1 Å². The van der Waals surface area contributed by atoms with Gasteiger partial charge in [0.25, 0.3) is 5.91 Å². The lowest BCUT2D eigenvalue weighted by Crippen LogP contribution is -2.36. The minimum Gasteiger partial charge on any atom is -0.452 e. The van der Waals surface area contributed by atoms with Crippen molar-refractivity contribution >= 4 is 17.6 Å².